The van der Waals surface area contributed by atoms with E-state index in [4.69, 9.17) is 10.5 Å². The Labute approximate surface area is 110 Å². The fourth-order valence-electron chi connectivity index (χ4n) is 3.90. The van der Waals surface area contributed by atoms with Gasteiger partial charge in [-0.3, -0.25) is 9.80 Å². The van der Waals surface area contributed by atoms with Crippen LogP contribution in [0.1, 0.15) is 26.2 Å². The summed E-state index contributed by atoms with van der Waals surface area (Å²) in [6.07, 6.45) is 3.91. The molecule has 0 saturated carbocycles. The van der Waals surface area contributed by atoms with E-state index in [9.17, 15) is 0 Å². The van der Waals surface area contributed by atoms with Crippen molar-refractivity contribution in [3.63, 3.8) is 0 Å². The zero-order chi connectivity index (χ0) is 12.6. The van der Waals surface area contributed by atoms with E-state index in [2.05, 4.69) is 16.7 Å². The van der Waals surface area contributed by atoms with Crippen molar-refractivity contribution in [3.8, 4) is 0 Å². The van der Waals surface area contributed by atoms with E-state index >= 15 is 0 Å². The summed E-state index contributed by atoms with van der Waals surface area (Å²) in [5.41, 5.74) is 6.25. The summed E-state index contributed by atoms with van der Waals surface area (Å²) < 4.78 is 5.60. The van der Waals surface area contributed by atoms with Gasteiger partial charge in [-0.05, 0) is 32.7 Å². The van der Waals surface area contributed by atoms with Crippen LogP contribution < -0.4 is 5.73 Å². The minimum absolute atomic E-state index is 0.231. The summed E-state index contributed by atoms with van der Waals surface area (Å²) >= 11 is 0. The number of nitrogens with zero attached hydrogens (tertiary/aromatic N) is 2. The molecule has 0 bridgehead atoms. The fraction of sp³-hybridized carbons (Fsp3) is 1.00. The molecule has 0 spiro atoms. The van der Waals surface area contributed by atoms with Crippen molar-refractivity contribution in [2.75, 3.05) is 45.9 Å². The smallest absolute Gasteiger partial charge is 0.0547 e. The Morgan fingerprint density at radius 1 is 1.39 bits per heavy atom. The number of fused-ring (bicyclic) bond motifs is 1. The zero-order valence-corrected chi connectivity index (χ0v) is 11.6. The van der Waals surface area contributed by atoms with Crippen LogP contribution in [0.2, 0.25) is 0 Å². The highest BCUT2D eigenvalue weighted by molar-refractivity contribution is 4.95. The van der Waals surface area contributed by atoms with Gasteiger partial charge >= 0.3 is 0 Å². The lowest BCUT2D eigenvalue weighted by molar-refractivity contribution is 0.0234. The molecule has 0 aromatic rings. The molecule has 3 fully saturated rings. The van der Waals surface area contributed by atoms with Crippen molar-refractivity contribution in [3.05, 3.63) is 0 Å². The first-order valence-corrected chi connectivity index (χ1v) is 7.48. The van der Waals surface area contributed by atoms with Gasteiger partial charge in [0.2, 0.25) is 0 Å². The molecule has 3 atom stereocenters. The highest BCUT2D eigenvalue weighted by atomic mass is 16.5. The van der Waals surface area contributed by atoms with Crippen LogP contribution in [-0.2, 0) is 4.74 Å². The molecule has 2 N–H and O–H groups in total. The molecule has 3 rings (SSSR count). The first-order valence-electron chi connectivity index (χ1n) is 7.48. The van der Waals surface area contributed by atoms with E-state index in [1.54, 1.807) is 0 Å². The molecule has 3 heterocycles. The van der Waals surface area contributed by atoms with E-state index in [1.165, 1.54) is 32.5 Å². The fourth-order valence-corrected chi connectivity index (χ4v) is 3.90. The molecule has 4 nitrogen and oxygen atoms in total. The Morgan fingerprint density at radius 3 is 3.00 bits per heavy atom. The Hall–Kier alpha value is -0.160. The first-order chi connectivity index (χ1) is 8.72. The Bertz CT molecular complexity index is 291. The van der Waals surface area contributed by atoms with E-state index in [0.717, 1.165) is 38.8 Å². The van der Waals surface area contributed by atoms with Gasteiger partial charge in [-0.15, -0.1) is 0 Å². The number of hydrogen-bond acceptors (Lipinski definition) is 4. The summed E-state index contributed by atoms with van der Waals surface area (Å²) in [6.45, 7) is 9.83. The van der Waals surface area contributed by atoms with Gasteiger partial charge in [-0.1, -0.05) is 0 Å². The normalized spacial score (nSPS) is 42.3. The van der Waals surface area contributed by atoms with Crippen LogP contribution in [0.4, 0.5) is 0 Å². The van der Waals surface area contributed by atoms with Crippen molar-refractivity contribution in [1.29, 1.82) is 0 Å². The predicted molar refractivity (Wildman–Crippen MR) is 72.6 cm³/mol. The summed E-state index contributed by atoms with van der Waals surface area (Å²) in [7, 11) is 0. The quantitative estimate of drug-likeness (QED) is 0.796. The molecule has 3 aliphatic rings. The molecular formula is C14H27N3O. The third kappa shape index (κ3) is 2.31. The minimum atomic E-state index is 0.231. The minimum Gasteiger partial charge on any atom is -0.381 e. The standard InChI is InChI=1S/C14H27N3O/c1-12-7-16-5-2-3-13(16)8-17(12)10-14(9-15)4-6-18-11-14/h12-13H,2-11,15H2,1H3. The van der Waals surface area contributed by atoms with E-state index < -0.39 is 0 Å². The van der Waals surface area contributed by atoms with Crippen LogP contribution in [0.3, 0.4) is 0 Å². The molecule has 0 aromatic heterocycles. The maximum Gasteiger partial charge on any atom is 0.0547 e. The molecule has 4 heteroatoms. The van der Waals surface area contributed by atoms with Crippen LogP contribution in [-0.4, -0.2) is 67.8 Å². The third-order valence-electron chi connectivity index (χ3n) is 5.22. The summed E-state index contributed by atoms with van der Waals surface area (Å²) in [4.78, 5) is 5.36. The molecule has 104 valence electrons. The van der Waals surface area contributed by atoms with Gasteiger partial charge in [0.15, 0.2) is 0 Å². The van der Waals surface area contributed by atoms with Gasteiger partial charge in [0.1, 0.15) is 0 Å². The maximum atomic E-state index is 6.02. The van der Waals surface area contributed by atoms with E-state index in [0.29, 0.717) is 6.04 Å². The number of nitrogens with two attached hydrogens (primary N) is 1. The summed E-state index contributed by atoms with van der Waals surface area (Å²) in [5, 5.41) is 0. The zero-order valence-electron chi connectivity index (χ0n) is 11.6. The largest absolute Gasteiger partial charge is 0.381 e. The molecule has 3 unspecified atom stereocenters. The Balaban J connectivity index is 1.64. The second-order valence-electron chi connectivity index (χ2n) is 6.58. The highest BCUT2D eigenvalue weighted by Crippen LogP contribution is 2.32. The molecule has 0 aliphatic carbocycles. The van der Waals surface area contributed by atoms with Crippen molar-refractivity contribution >= 4 is 0 Å². The average molecular weight is 253 g/mol. The van der Waals surface area contributed by atoms with Crippen molar-refractivity contribution < 1.29 is 4.74 Å². The van der Waals surface area contributed by atoms with Crippen LogP contribution >= 0.6 is 0 Å². The van der Waals surface area contributed by atoms with Crippen LogP contribution in [0, 0.1) is 5.41 Å². The van der Waals surface area contributed by atoms with Crippen LogP contribution in [0.5, 0.6) is 0 Å². The summed E-state index contributed by atoms with van der Waals surface area (Å²) in [5.74, 6) is 0. The second-order valence-corrected chi connectivity index (χ2v) is 6.58. The number of hydrogen-bond donors (Lipinski definition) is 1. The lowest BCUT2D eigenvalue weighted by atomic mass is 9.86. The molecule has 18 heavy (non-hydrogen) atoms. The number of ether oxygens (including phenoxy) is 1. The molecule has 0 aromatic carbocycles. The van der Waals surface area contributed by atoms with Gasteiger partial charge in [0.25, 0.3) is 0 Å². The van der Waals surface area contributed by atoms with Crippen LogP contribution in [0.15, 0.2) is 0 Å². The lowest BCUT2D eigenvalue weighted by Gasteiger charge is -2.45. The predicted octanol–water partition coefficient (Wildman–Crippen LogP) is 0.520. The number of piperazine rings is 1. The first kappa shape index (κ1) is 12.9. The highest BCUT2D eigenvalue weighted by Gasteiger charge is 2.40. The van der Waals surface area contributed by atoms with Gasteiger partial charge in [-0.2, -0.15) is 0 Å². The number of rotatable bonds is 3. The van der Waals surface area contributed by atoms with Gasteiger partial charge < -0.3 is 10.5 Å². The van der Waals surface area contributed by atoms with Crippen molar-refractivity contribution in [2.45, 2.75) is 38.3 Å². The van der Waals surface area contributed by atoms with Gasteiger partial charge in [0, 0.05) is 50.3 Å². The van der Waals surface area contributed by atoms with Gasteiger partial charge in [0.05, 0.1) is 6.61 Å². The molecule has 3 saturated heterocycles. The van der Waals surface area contributed by atoms with Gasteiger partial charge in [-0.25, -0.2) is 0 Å². The second kappa shape index (κ2) is 5.08. The Kier molecular flexibility index (Phi) is 3.63. The lowest BCUT2D eigenvalue weighted by Crippen LogP contribution is -2.58. The SMILES string of the molecule is CC1CN2CCCC2CN1CC1(CN)CCOC1. The van der Waals surface area contributed by atoms with E-state index in [-0.39, 0.29) is 5.41 Å². The molecule has 0 amide bonds. The third-order valence-corrected chi connectivity index (χ3v) is 5.22. The average Bonchev–Trinajstić information content (AvgIpc) is 2.99. The monoisotopic (exact) mass is 253 g/mol. The maximum absolute atomic E-state index is 6.02. The van der Waals surface area contributed by atoms with Crippen molar-refractivity contribution in [1.82, 2.24) is 9.80 Å². The Morgan fingerprint density at radius 2 is 2.28 bits per heavy atom. The molecule has 3 aliphatic heterocycles. The topological polar surface area (TPSA) is 41.7 Å². The summed E-state index contributed by atoms with van der Waals surface area (Å²) in [6, 6.07) is 1.47. The molecular weight excluding hydrogens is 226 g/mol. The van der Waals surface area contributed by atoms with E-state index in [1.807, 2.05) is 0 Å². The molecule has 0 radical (unpaired) electrons. The van der Waals surface area contributed by atoms with Crippen LogP contribution in [0.25, 0.3) is 0 Å². The van der Waals surface area contributed by atoms with Crippen molar-refractivity contribution in [2.24, 2.45) is 11.1 Å².